The van der Waals surface area contributed by atoms with Crippen molar-refractivity contribution >= 4 is 11.8 Å². The zero-order valence-corrected chi connectivity index (χ0v) is 10.0. The van der Waals surface area contributed by atoms with Crippen molar-refractivity contribution in [3.63, 3.8) is 0 Å². The minimum absolute atomic E-state index is 0.0943. The molecule has 0 aliphatic carbocycles. The number of hydrogen-bond acceptors (Lipinski definition) is 3. The summed E-state index contributed by atoms with van der Waals surface area (Å²) in [6.45, 7) is 3.78. The molecule has 0 atom stereocenters. The molecule has 0 aliphatic heterocycles. The molecule has 1 aromatic carbocycles. The monoisotopic (exact) mass is 244 g/mol. The molecule has 5 nitrogen and oxygen atoms in total. The Hall–Kier alpha value is -2.43. The number of carboxylic acid groups (broad SMARTS) is 1. The topological polar surface area (TPSA) is 83.0 Å². The quantitative estimate of drug-likeness (QED) is 0.808. The van der Waals surface area contributed by atoms with Crippen LogP contribution in [0, 0.1) is 13.8 Å². The van der Waals surface area contributed by atoms with E-state index in [1.807, 2.05) is 26.0 Å². The molecule has 18 heavy (non-hydrogen) atoms. The summed E-state index contributed by atoms with van der Waals surface area (Å²) in [5.41, 5.74) is 2.46. The fourth-order valence-electron chi connectivity index (χ4n) is 1.75. The maximum Gasteiger partial charge on any atom is 0.353 e. The second-order valence-electron chi connectivity index (χ2n) is 4.12. The highest BCUT2D eigenvalue weighted by atomic mass is 16.4. The first-order chi connectivity index (χ1) is 8.49. The minimum Gasteiger partial charge on any atom is -0.477 e. The van der Waals surface area contributed by atoms with Crippen LogP contribution in [0.4, 0.5) is 0 Å². The van der Waals surface area contributed by atoms with Crippen LogP contribution in [-0.2, 0) is 0 Å². The second kappa shape index (κ2) is 4.44. The van der Waals surface area contributed by atoms with E-state index >= 15 is 0 Å². The van der Waals surface area contributed by atoms with E-state index in [2.05, 4.69) is 10.2 Å². The summed E-state index contributed by atoms with van der Waals surface area (Å²) in [7, 11) is 0. The molecule has 0 fully saturated rings. The van der Waals surface area contributed by atoms with Crippen LogP contribution in [0.5, 0.6) is 0 Å². The van der Waals surface area contributed by atoms with Crippen molar-refractivity contribution in [3.05, 3.63) is 52.3 Å². The van der Waals surface area contributed by atoms with Crippen LogP contribution in [0.15, 0.2) is 24.3 Å². The van der Waals surface area contributed by atoms with Crippen LogP contribution in [0.3, 0.4) is 0 Å². The number of rotatable bonds is 3. The lowest BCUT2D eigenvalue weighted by molar-refractivity contribution is 0.0690. The summed E-state index contributed by atoms with van der Waals surface area (Å²) < 4.78 is 0. The van der Waals surface area contributed by atoms with E-state index in [1.54, 1.807) is 6.07 Å². The van der Waals surface area contributed by atoms with Crippen LogP contribution >= 0.6 is 0 Å². The summed E-state index contributed by atoms with van der Waals surface area (Å²) in [5, 5.41) is 14.8. The van der Waals surface area contributed by atoms with Crippen LogP contribution in [0.2, 0.25) is 0 Å². The fourth-order valence-corrected chi connectivity index (χ4v) is 1.75. The third-order valence-electron chi connectivity index (χ3n) is 2.67. The van der Waals surface area contributed by atoms with E-state index < -0.39 is 5.97 Å². The molecule has 1 aromatic heterocycles. The van der Waals surface area contributed by atoms with Crippen LogP contribution in [0.1, 0.15) is 37.7 Å². The number of carboxylic acids is 1. The average Bonchev–Trinajstić information content (AvgIpc) is 2.77. The lowest BCUT2D eigenvalue weighted by Gasteiger charge is -2.03. The van der Waals surface area contributed by atoms with Gasteiger partial charge in [-0.1, -0.05) is 23.8 Å². The van der Waals surface area contributed by atoms with Gasteiger partial charge < -0.3 is 5.11 Å². The number of aromatic nitrogens is 2. The molecule has 1 heterocycles. The van der Waals surface area contributed by atoms with Gasteiger partial charge in [0.15, 0.2) is 0 Å². The molecule has 92 valence electrons. The third kappa shape index (κ3) is 2.15. The number of nitrogens with zero attached hydrogens (tertiary/aromatic N) is 1. The second-order valence-corrected chi connectivity index (χ2v) is 4.12. The average molecular weight is 244 g/mol. The lowest BCUT2D eigenvalue weighted by atomic mass is 10.0. The number of hydrogen-bond donors (Lipinski definition) is 2. The normalized spacial score (nSPS) is 10.3. The minimum atomic E-state index is -1.14. The Labute approximate surface area is 103 Å². The molecule has 0 amide bonds. The van der Waals surface area contributed by atoms with E-state index in [-0.39, 0.29) is 17.2 Å². The SMILES string of the molecule is Cc1ccc(C(=O)c2cc(C(=O)O)[nH]n2)c(C)c1. The molecular weight excluding hydrogens is 232 g/mol. The molecule has 0 radical (unpaired) electrons. The number of benzene rings is 1. The van der Waals surface area contributed by atoms with Gasteiger partial charge in [-0.2, -0.15) is 5.10 Å². The molecule has 2 rings (SSSR count). The predicted octanol–water partition coefficient (Wildman–Crippen LogP) is 1.96. The van der Waals surface area contributed by atoms with Crippen LogP contribution in [-0.4, -0.2) is 27.1 Å². The number of H-pyrrole nitrogens is 1. The van der Waals surface area contributed by atoms with Gasteiger partial charge in [0.25, 0.3) is 0 Å². The third-order valence-corrected chi connectivity index (χ3v) is 2.67. The van der Waals surface area contributed by atoms with Gasteiger partial charge in [0.05, 0.1) is 0 Å². The van der Waals surface area contributed by atoms with Gasteiger partial charge >= 0.3 is 5.97 Å². The first-order valence-electron chi connectivity index (χ1n) is 5.39. The first-order valence-corrected chi connectivity index (χ1v) is 5.39. The summed E-state index contributed by atoms with van der Waals surface area (Å²) in [4.78, 5) is 22.8. The van der Waals surface area contributed by atoms with Gasteiger partial charge in [-0.05, 0) is 19.4 Å². The summed E-state index contributed by atoms with van der Waals surface area (Å²) in [5.74, 6) is -1.42. The van der Waals surface area contributed by atoms with E-state index in [9.17, 15) is 9.59 Å². The summed E-state index contributed by atoms with van der Waals surface area (Å²) in [6.07, 6.45) is 0. The predicted molar refractivity (Wildman–Crippen MR) is 64.9 cm³/mol. The largest absolute Gasteiger partial charge is 0.477 e. The Morgan fingerprint density at radius 3 is 2.50 bits per heavy atom. The van der Waals surface area contributed by atoms with E-state index in [0.29, 0.717) is 5.56 Å². The van der Waals surface area contributed by atoms with Gasteiger partial charge in [0, 0.05) is 11.6 Å². The number of carbonyl (C=O) groups is 2. The van der Waals surface area contributed by atoms with Crippen molar-refractivity contribution in [2.75, 3.05) is 0 Å². The van der Waals surface area contributed by atoms with Crippen molar-refractivity contribution in [2.45, 2.75) is 13.8 Å². The number of aryl methyl sites for hydroxylation is 2. The Bertz CT molecular complexity index is 629. The van der Waals surface area contributed by atoms with E-state index in [0.717, 1.165) is 11.1 Å². The molecule has 0 spiro atoms. The number of aromatic amines is 1. The zero-order chi connectivity index (χ0) is 13.3. The molecule has 0 aliphatic rings. The van der Waals surface area contributed by atoms with Gasteiger partial charge in [0.2, 0.25) is 5.78 Å². The standard InChI is InChI=1S/C13H12N2O3/c1-7-3-4-9(8(2)5-7)12(16)10-6-11(13(17)18)15-14-10/h3-6H,1-2H3,(H,14,15)(H,17,18). The number of ketones is 1. The first kappa shape index (κ1) is 12.0. The molecule has 5 heteroatoms. The van der Waals surface area contributed by atoms with Crippen LogP contribution in [0.25, 0.3) is 0 Å². The van der Waals surface area contributed by atoms with E-state index in [4.69, 9.17) is 5.11 Å². The van der Waals surface area contributed by atoms with Crippen molar-refractivity contribution in [1.29, 1.82) is 0 Å². The highest BCUT2D eigenvalue weighted by Gasteiger charge is 2.17. The number of carbonyl (C=O) groups excluding carboxylic acids is 1. The Morgan fingerprint density at radius 2 is 1.94 bits per heavy atom. The van der Waals surface area contributed by atoms with Crippen molar-refractivity contribution < 1.29 is 14.7 Å². The molecule has 0 bridgehead atoms. The maximum absolute atomic E-state index is 12.1. The number of aromatic carboxylic acids is 1. The van der Waals surface area contributed by atoms with Crippen molar-refractivity contribution in [3.8, 4) is 0 Å². The van der Waals surface area contributed by atoms with Gasteiger partial charge in [-0.3, -0.25) is 9.89 Å². The summed E-state index contributed by atoms with van der Waals surface area (Å²) in [6, 6.07) is 6.70. The molecule has 0 unspecified atom stereocenters. The zero-order valence-electron chi connectivity index (χ0n) is 10.0. The highest BCUT2D eigenvalue weighted by Crippen LogP contribution is 2.15. The molecular formula is C13H12N2O3. The smallest absolute Gasteiger partial charge is 0.353 e. The van der Waals surface area contributed by atoms with Crippen molar-refractivity contribution in [2.24, 2.45) is 0 Å². The van der Waals surface area contributed by atoms with Gasteiger partial charge in [-0.25, -0.2) is 4.79 Å². The van der Waals surface area contributed by atoms with Crippen molar-refractivity contribution in [1.82, 2.24) is 10.2 Å². The molecule has 2 aromatic rings. The Morgan fingerprint density at radius 1 is 1.22 bits per heavy atom. The van der Waals surface area contributed by atoms with Gasteiger partial charge in [-0.15, -0.1) is 0 Å². The fraction of sp³-hybridized carbons (Fsp3) is 0.154. The highest BCUT2D eigenvalue weighted by molar-refractivity contribution is 6.09. The Kier molecular flexibility index (Phi) is 2.97. The number of nitrogens with one attached hydrogen (secondary N) is 1. The van der Waals surface area contributed by atoms with E-state index in [1.165, 1.54) is 6.07 Å². The van der Waals surface area contributed by atoms with Gasteiger partial charge in [0.1, 0.15) is 11.4 Å². The van der Waals surface area contributed by atoms with Crippen LogP contribution < -0.4 is 0 Å². The lowest BCUT2D eigenvalue weighted by Crippen LogP contribution is -2.04. The molecule has 0 saturated carbocycles. The summed E-state index contributed by atoms with van der Waals surface area (Å²) >= 11 is 0. The maximum atomic E-state index is 12.1. The Balaban J connectivity index is 2.38. The molecule has 0 saturated heterocycles. The molecule has 2 N–H and O–H groups in total.